The fraction of sp³-hybridized carbons (Fsp3) is 0.500. The third-order valence-electron chi connectivity index (χ3n) is 4.27. The van der Waals surface area contributed by atoms with E-state index in [1.807, 2.05) is 0 Å². The summed E-state index contributed by atoms with van der Waals surface area (Å²) >= 11 is 0. The summed E-state index contributed by atoms with van der Waals surface area (Å²) < 4.78 is 42.8. The van der Waals surface area contributed by atoms with Gasteiger partial charge >= 0.3 is 12.1 Å². The first kappa shape index (κ1) is 19.8. The number of rotatable bonds is 5. The molecular formula is C18H19F3N2O3. The topological polar surface area (TPSA) is 79.2 Å². The van der Waals surface area contributed by atoms with Gasteiger partial charge < -0.3 is 10.1 Å². The first-order chi connectivity index (χ1) is 12.2. The number of nitrogens with zero attached hydrogens (tertiary/aromatic N) is 1. The van der Waals surface area contributed by atoms with Crippen LogP contribution in [0.1, 0.15) is 43.2 Å². The predicted molar refractivity (Wildman–Crippen MR) is 85.7 cm³/mol. The molecular weight excluding hydrogens is 349 g/mol. The van der Waals surface area contributed by atoms with Crippen molar-refractivity contribution in [1.29, 1.82) is 5.26 Å². The molecule has 0 spiro atoms. The molecule has 1 aliphatic rings. The van der Waals surface area contributed by atoms with Crippen LogP contribution in [0, 0.1) is 11.3 Å². The number of hydrogen-bond acceptors (Lipinski definition) is 4. The Kier molecular flexibility index (Phi) is 6.24. The monoisotopic (exact) mass is 368 g/mol. The Balaban J connectivity index is 1.85. The van der Waals surface area contributed by atoms with Crippen molar-refractivity contribution in [1.82, 2.24) is 5.32 Å². The maximum absolute atomic E-state index is 12.7. The minimum atomic E-state index is -4.49. The second-order valence-electron chi connectivity index (χ2n) is 6.34. The third-order valence-corrected chi connectivity index (χ3v) is 4.27. The number of esters is 1. The van der Waals surface area contributed by atoms with E-state index in [-0.39, 0.29) is 12.0 Å². The van der Waals surface area contributed by atoms with Crippen LogP contribution in [0.4, 0.5) is 13.2 Å². The molecule has 0 atom stereocenters. The standard InChI is InChI=1S/C18H19F3N2O3/c19-18(20,21)14-6-4-5-13(9-14)10-16(25)26-11-15(24)23-17(12-22)7-2-1-3-8-17/h4-6,9H,1-3,7-8,10-11H2,(H,23,24). The first-order valence-corrected chi connectivity index (χ1v) is 8.28. The minimum absolute atomic E-state index is 0.144. The SMILES string of the molecule is N#CC1(NC(=O)COC(=O)Cc2cccc(C(F)(F)F)c2)CCCCC1. The summed E-state index contributed by atoms with van der Waals surface area (Å²) in [7, 11) is 0. The molecule has 0 aliphatic heterocycles. The van der Waals surface area contributed by atoms with Gasteiger partial charge in [-0.1, -0.05) is 37.5 Å². The summed E-state index contributed by atoms with van der Waals surface area (Å²) in [5.41, 5.74) is -1.64. The fourth-order valence-electron chi connectivity index (χ4n) is 2.94. The highest BCUT2D eigenvalue weighted by Crippen LogP contribution is 2.30. The molecule has 8 heteroatoms. The Morgan fingerprint density at radius 2 is 1.92 bits per heavy atom. The van der Waals surface area contributed by atoms with E-state index in [0.29, 0.717) is 12.8 Å². The van der Waals surface area contributed by atoms with E-state index < -0.39 is 35.8 Å². The lowest BCUT2D eigenvalue weighted by Crippen LogP contribution is -2.50. The lowest BCUT2D eigenvalue weighted by atomic mass is 9.83. The van der Waals surface area contributed by atoms with E-state index in [0.717, 1.165) is 31.4 Å². The summed E-state index contributed by atoms with van der Waals surface area (Å²) in [5, 5.41) is 11.9. The van der Waals surface area contributed by atoms with E-state index in [4.69, 9.17) is 4.74 Å². The normalized spacial score (nSPS) is 16.4. The number of nitriles is 1. The average Bonchev–Trinajstić information content (AvgIpc) is 2.60. The van der Waals surface area contributed by atoms with Crippen molar-refractivity contribution in [3.05, 3.63) is 35.4 Å². The highest BCUT2D eigenvalue weighted by Gasteiger charge is 2.34. The van der Waals surface area contributed by atoms with Gasteiger partial charge in [-0.3, -0.25) is 9.59 Å². The van der Waals surface area contributed by atoms with E-state index >= 15 is 0 Å². The van der Waals surface area contributed by atoms with E-state index in [9.17, 15) is 28.0 Å². The summed E-state index contributed by atoms with van der Waals surface area (Å²) in [5.74, 6) is -1.40. The molecule has 1 aliphatic carbocycles. The van der Waals surface area contributed by atoms with Crippen LogP contribution in [0.15, 0.2) is 24.3 Å². The molecule has 1 N–H and O–H groups in total. The van der Waals surface area contributed by atoms with Gasteiger partial charge in [0.25, 0.3) is 5.91 Å². The Hall–Kier alpha value is -2.56. The molecule has 0 unspecified atom stereocenters. The van der Waals surface area contributed by atoms with Crippen LogP contribution < -0.4 is 5.32 Å². The second kappa shape index (κ2) is 8.21. The molecule has 0 bridgehead atoms. The van der Waals surface area contributed by atoms with E-state index in [2.05, 4.69) is 11.4 Å². The second-order valence-corrected chi connectivity index (χ2v) is 6.34. The van der Waals surface area contributed by atoms with Gasteiger partial charge in [0, 0.05) is 0 Å². The zero-order valence-electron chi connectivity index (χ0n) is 14.1. The van der Waals surface area contributed by atoms with Crippen molar-refractivity contribution in [2.45, 2.75) is 50.2 Å². The van der Waals surface area contributed by atoms with Gasteiger partial charge in [0.05, 0.1) is 18.1 Å². The molecule has 1 aromatic rings. The molecule has 140 valence electrons. The van der Waals surface area contributed by atoms with Crippen LogP contribution in [0.25, 0.3) is 0 Å². The number of carbonyl (C=O) groups excluding carboxylic acids is 2. The van der Waals surface area contributed by atoms with Gasteiger partial charge in [0.15, 0.2) is 6.61 Å². The van der Waals surface area contributed by atoms with Gasteiger partial charge in [-0.2, -0.15) is 18.4 Å². The first-order valence-electron chi connectivity index (χ1n) is 8.28. The number of amides is 1. The van der Waals surface area contributed by atoms with Crippen LogP contribution in [-0.4, -0.2) is 24.0 Å². The Morgan fingerprint density at radius 1 is 1.23 bits per heavy atom. The number of nitrogens with one attached hydrogen (secondary N) is 1. The number of ether oxygens (including phenoxy) is 1. The molecule has 1 fully saturated rings. The molecule has 0 saturated heterocycles. The molecule has 0 aromatic heterocycles. The summed E-state index contributed by atoms with van der Waals surface area (Å²) in [4.78, 5) is 23.7. The predicted octanol–water partition coefficient (Wildman–Crippen LogP) is 3.13. The quantitative estimate of drug-likeness (QED) is 0.810. The molecule has 1 saturated carbocycles. The average molecular weight is 368 g/mol. The van der Waals surface area contributed by atoms with Crippen molar-refractivity contribution < 1.29 is 27.5 Å². The molecule has 1 amide bonds. The maximum atomic E-state index is 12.7. The van der Waals surface area contributed by atoms with Gasteiger partial charge in [-0.25, -0.2) is 0 Å². The minimum Gasteiger partial charge on any atom is -0.455 e. The van der Waals surface area contributed by atoms with Crippen molar-refractivity contribution >= 4 is 11.9 Å². The zero-order valence-corrected chi connectivity index (χ0v) is 14.1. The van der Waals surface area contributed by atoms with Crippen LogP contribution >= 0.6 is 0 Å². The van der Waals surface area contributed by atoms with Gasteiger partial charge in [0.2, 0.25) is 0 Å². The number of carbonyl (C=O) groups is 2. The number of hydrogen-bond donors (Lipinski definition) is 1. The van der Waals surface area contributed by atoms with Crippen LogP contribution in [0.2, 0.25) is 0 Å². The molecule has 26 heavy (non-hydrogen) atoms. The van der Waals surface area contributed by atoms with Crippen molar-refractivity contribution in [3.8, 4) is 6.07 Å². The molecule has 0 heterocycles. The van der Waals surface area contributed by atoms with E-state index in [1.165, 1.54) is 12.1 Å². The lowest BCUT2D eigenvalue weighted by Gasteiger charge is -2.31. The van der Waals surface area contributed by atoms with Crippen molar-refractivity contribution in [2.24, 2.45) is 0 Å². The van der Waals surface area contributed by atoms with Gasteiger partial charge in [0.1, 0.15) is 5.54 Å². The van der Waals surface area contributed by atoms with Gasteiger partial charge in [-0.05, 0) is 24.5 Å². The Labute approximate surface area is 149 Å². The molecule has 1 aromatic carbocycles. The molecule has 5 nitrogen and oxygen atoms in total. The smallest absolute Gasteiger partial charge is 0.416 e. The summed E-state index contributed by atoms with van der Waals surface area (Å²) in [6.45, 7) is -0.568. The number of alkyl halides is 3. The van der Waals surface area contributed by atoms with E-state index in [1.54, 1.807) is 0 Å². The number of benzene rings is 1. The van der Waals surface area contributed by atoms with Gasteiger partial charge in [-0.15, -0.1) is 0 Å². The maximum Gasteiger partial charge on any atom is 0.416 e. The highest BCUT2D eigenvalue weighted by atomic mass is 19.4. The van der Waals surface area contributed by atoms with Crippen molar-refractivity contribution in [2.75, 3.05) is 6.61 Å². The molecule has 2 rings (SSSR count). The van der Waals surface area contributed by atoms with Crippen LogP contribution in [0.3, 0.4) is 0 Å². The van der Waals surface area contributed by atoms with Crippen LogP contribution in [-0.2, 0) is 26.9 Å². The largest absolute Gasteiger partial charge is 0.455 e. The lowest BCUT2D eigenvalue weighted by molar-refractivity contribution is -0.148. The molecule has 0 radical (unpaired) electrons. The fourth-order valence-corrected chi connectivity index (χ4v) is 2.94. The summed E-state index contributed by atoms with van der Waals surface area (Å²) in [6, 6.07) is 6.48. The number of halogens is 3. The van der Waals surface area contributed by atoms with Crippen molar-refractivity contribution in [3.63, 3.8) is 0 Å². The Bertz CT molecular complexity index is 704. The van der Waals surface area contributed by atoms with Crippen LogP contribution in [0.5, 0.6) is 0 Å². The zero-order chi connectivity index (χ0) is 19.2. The third kappa shape index (κ3) is 5.48. The summed E-state index contributed by atoms with van der Waals surface area (Å²) in [6.07, 6.45) is -1.09. The Morgan fingerprint density at radius 3 is 2.54 bits per heavy atom. The highest BCUT2D eigenvalue weighted by molar-refractivity contribution is 5.82.